The number of hydrogen-bond acceptors (Lipinski definition) is 7. The lowest BCUT2D eigenvalue weighted by Crippen LogP contribution is -2.59. The highest BCUT2D eigenvalue weighted by Gasteiger charge is 2.57. The number of rotatable bonds is 5. The molecule has 0 radical (unpaired) electrons. The molecule has 2 heterocycles. The number of ether oxygens (including phenoxy) is 1. The average Bonchev–Trinajstić information content (AvgIpc) is 2.79. The fourth-order valence-electron chi connectivity index (χ4n) is 3.16. The summed E-state index contributed by atoms with van der Waals surface area (Å²) in [6.07, 6.45) is 3.27. The summed E-state index contributed by atoms with van der Waals surface area (Å²) in [5.41, 5.74) is -1.44. The number of thioether (sulfide) groups is 1. The third-order valence-electron chi connectivity index (χ3n) is 4.42. The van der Waals surface area contributed by atoms with Crippen LogP contribution in [-0.2, 0) is 14.3 Å². The standard InChI is InChI=1S/C18H22N4O3S2/c1-7-25-15(24)18(4,5)22-16(26)21(14(23)17(22,2)3)11-8-13(27-6)12(9-19)20-10-11/h8,10H,7H2,1-6H3. The van der Waals surface area contributed by atoms with E-state index in [0.717, 1.165) is 0 Å². The van der Waals surface area contributed by atoms with Crippen molar-refractivity contribution in [3.05, 3.63) is 18.0 Å². The molecule has 0 N–H and O–H groups in total. The topological polar surface area (TPSA) is 86.5 Å². The Morgan fingerprint density at radius 2 is 2.11 bits per heavy atom. The van der Waals surface area contributed by atoms with Crippen molar-refractivity contribution < 1.29 is 14.3 Å². The van der Waals surface area contributed by atoms with Crippen molar-refractivity contribution >= 4 is 46.7 Å². The van der Waals surface area contributed by atoms with Gasteiger partial charge in [0.15, 0.2) is 10.8 Å². The van der Waals surface area contributed by atoms with Gasteiger partial charge in [-0.3, -0.25) is 9.69 Å². The van der Waals surface area contributed by atoms with Crippen LogP contribution in [0.1, 0.15) is 40.3 Å². The summed E-state index contributed by atoms with van der Waals surface area (Å²) in [7, 11) is 0. The molecular weight excluding hydrogens is 384 g/mol. The van der Waals surface area contributed by atoms with E-state index in [1.165, 1.54) is 22.9 Å². The summed E-state index contributed by atoms with van der Waals surface area (Å²) in [4.78, 5) is 33.4. The number of amides is 1. The lowest BCUT2D eigenvalue weighted by atomic mass is 9.94. The maximum absolute atomic E-state index is 13.2. The molecule has 0 spiro atoms. The van der Waals surface area contributed by atoms with Gasteiger partial charge < -0.3 is 9.64 Å². The van der Waals surface area contributed by atoms with Crippen molar-refractivity contribution in [1.29, 1.82) is 5.26 Å². The number of hydrogen-bond donors (Lipinski definition) is 0. The molecule has 0 saturated carbocycles. The number of nitriles is 1. The van der Waals surface area contributed by atoms with E-state index in [-0.39, 0.29) is 23.3 Å². The van der Waals surface area contributed by atoms with Crippen molar-refractivity contribution in [2.75, 3.05) is 17.8 Å². The summed E-state index contributed by atoms with van der Waals surface area (Å²) in [6.45, 7) is 8.76. The van der Waals surface area contributed by atoms with Gasteiger partial charge in [-0.05, 0) is 59.2 Å². The van der Waals surface area contributed by atoms with Crippen molar-refractivity contribution in [1.82, 2.24) is 9.88 Å². The van der Waals surface area contributed by atoms with Crippen LogP contribution in [0, 0.1) is 11.3 Å². The first-order valence-corrected chi connectivity index (χ1v) is 9.97. The van der Waals surface area contributed by atoms with Crippen LogP contribution < -0.4 is 4.90 Å². The van der Waals surface area contributed by atoms with Gasteiger partial charge in [-0.1, -0.05) is 0 Å². The highest BCUT2D eigenvalue weighted by atomic mass is 32.2. The number of nitrogens with zero attached hydrogens (tertiary/aromatic N) is 4. The van der Waals surface area contributed by atoms with E-state index < -0.39 is 17.0 Å². The molecule has 9 heteroatoms. The quantitative estimate of drug-likeness (QED) is 0.419. The lowest BCUT2D eigenvalue weighted by Gasteiger charge is -2.41. The second-order valence-corrected chi connectivity index (χ2v) is 8.17. The lowest BCUT2D eigenvalue weighted by molar-refractivity contribution is -0.155. The van der Waals surface area contributed by atoms with Gasteiger partial charge in [0.05, 0.1) is 18.5 Å². The fraction of sp³-hybridized carbons (Fsp3) is 0.500. The Kier molecular flexibility index (Phi) is 5.82. The molecule has 0 unspecified atom stereocenters. The van der Waals surface area contributed by atoms with Crippen LogP contribution >= 0.6 is 24.0 Å². The maximum atomic E-state index is 13.2. The van der Waals surface area contributed by atoms with E-state index >= 15 is 0 Å². The Hall–Kier alpha value is -2.18. The maximum Gasteiger partial charge on any atom is 0.331 e. The van der Waals surface area contributed by atoms with Gasteiger partial charge in [-0.25, -0.2) is 9.78 Å². The molecule has 0 bridgehead atoms. The van der Waals surface area contributed by atoms with Crippen molar-refractivity contribution in [3.63, 3.8) is 0 Å². The number of aromatic nitrogens is 1. The van der Waals surface area contributed by atoms with E-state index in [9.17, 15) is 9.59 Å². The van der Waals surface area contributed by atoms with Gasteiger partial charge in [0.1, 0.15) is 17.1 Å². The predicted octanol–water partition coefficient (Wildman–Crippen LogP) is 2.73. The molecule has 1 aromatic heterocycles. The van der Waals surface area contributed by atoms with Crippen LogP contribution in [0.25, 0.3) is 0 Å². The van der Waals surface area contributed by atoms with E-state index in [2.05, 4.69) is 4.98 Å². The van der Waals surface area contributed by atoms with Gasteiger partial charge >= 0.3 is 5.97 Å². The monoisotopic (exact) mass is 406 g/mol. The molecule has 27 heavy (non-hydrogen) atoms. The number of esters is 1. The molecule has 1 aliphatic heterocycles. The van der Waals surface area contributed by atoms with Crippen LogP contribution in [0.5, 0.6) is 0 Å². The van der Waals surface area contributed by atoms with Crippen LogP contribution in [0.2, 0.25) is 0 Å². The van der Waals surface area contributed by atoms with E-state index in [1.54, 1.807) is 45.6 Å². The molecule has 1 saturated heterocycles. The van der Waals surface area contributed by atoms with E-state index in [4.69, 9.17) is 22.2 Å². The number of thiocarbonyl (C=S) groups is 1. The normalized spacial score (nSPS) is 16.5. The SMILES string of the molecule is CCOC(=O)C(C)(C)N1C(=S)N(c2cnc(C#N)c(SC)c2)C(=O)C1(C)C. The van der Waals surface area contributed by atoms with Crippen LogP contribution in [0.15, 0.2) is 17.2 Å². The van der Waals surface area contributed by atoms with E-state index in [0.29, 0.717) is 10.6 Å². The summed E-state index contributed by atoms with van der Waals surface area (Å²) in [5, 5.41) is 9.36. The summed E-state index contributed by atoms with van der Waals surface area (Å²) < 4.78 is 5.18. The Morgan fingerprint density at radius 3 is 2.63 bits per heavy atom. The Bertz CT molecular complexity index is 845. The molecule has 0 aromatic carbocycles. The van der Waals surface area contributed by atoms with E-state index in [1.807, 2.05) is 12.3 Å². The van der Waals surface area contributed by atoms with Gasteiger partial charge in [0, 0.05) is 4.90 Å². The third kappa shape index (κ3) is 3.39. The molecule has 1 aliphatic rings. The molecule has 0 aliphatic carbocycles. The smallest absolute Gasteiger partial charge is 0.331 e. The molecular formula is C18H22N4O3S2. The van der Waals surface area contributed by atoms with Crippen LogP contribution in [-0.4, -0.2) is 50.8 Å². The number of pyridine rings is 1. The molecule has 0 atom stereocenters. The average molecular weight is 407 g/mol. The van der Waals surface area contributed by atoms with Gasteiger partial charge in [-0.2, -0.15) is 5.26 Å². The zero-order valence-corrected chi connectivity index (χ0v) is 17.8. The summed E-state index contributed by atoms with van der Waals surface area (Å²) in [6, 6.07) is 3.73. The molecule has 2 rings (SSSR count). The van der Waals surface area contributed by atoms with Crippen molar-refractivity contribution in [3.8, 4) is 6.07 Å². The Balaban J connectivity index is 2.54. The molecule has 1 aromatic rings. The highest BCUT2D eigenvalue weighted by Crippen LogP contribution is 2.38. The first-order valence-electron chi connectivity index (χ1n) is 8.34. The van der Waals surface area contributed by atoms with Crippen LogP contribution in [0.4, 0.5) is 5.69 Å². The molecule has 1 amide bonds. The van der Waals surface area contributed by atoms with Crippen molar-refractivity contribution in [2.45, 2.75) is 50.6 Å². The minimum Gasteiger partial charge on any atom is -0.464 e. The number of anilines is 1. The highest BCUT2D eigenvalue weighted by molar-refractivity contribution is 7.98. The van der Waals surface area contributed by atoms with Crippen molar-refractivity contribution in [2.24, 2.45) is 0 Å². The second kappa shape index (κ2) is 7.44. The zero-order valence-electron chi connectivity index (χ0n) is 16.2. The zero-order chi connectivity index (χ0) is 20.6. The number of carbonyl (C=O) groups is 2. The Labute approximate surface area is 168 Å². The van der Waals surface area contributed by atoms with Crippen LogP contribution in [0.3, 0.4) is 0 Å². The minimum atomic E-state index is -1.14. The predicted molar refractivity (Wildman–Crippen MR) is 107 cm³/mol. The van der Waals surface area contributed by atoms with Gasteiger partial charge in [0.2, 0.25) is 0 Å². The largest absolute Gasteiger partial charge is 0.464 e. The fourth-order valence-corrected chi connectivity index (χ4v) is 4.33. The number of carbonyl (C=O) groups excluding carboxylic acids is 2. The van der Waals surface area contributed by atoms with Gasteiger partial charge in [-0.15, -0.1) is 11.8 Å². The molecule has 7 nitrogen and oxygen atoms in total. The first kappa shape index (κ1) is 21.1. The summed E-state index contributed by atoms with van der Waals surface area (Å²) >= 11 is 6.95. The second-order valence-electron chi connectivity index (χ2n) is 6.95. The summed E-state index contributed by atoms with van der Waals surface area (Å²) in [5.74, 6) is -0.735. The first-order chi connectivity index (χ1) is 12.5. The minimum absolute atomic E-state index is 0.196. The molecule has 1 fully saturated rings. The Morgan fingerprint density at radius 1 is 1.48 bits per heavy atom. The van der Waals surface area contributed by atoms with Gasteiger partial charge in [0.25, 0.3) is 5.91 Å². The molecule has 144 valence electrons. The third-order valence-corrected chi connectivity index (χ3v) is 5.54.